The predicted molar refractivity (Wildman–Crippen MR) is 114 cm³/mol. The molecule has 0 atom stereocenters. The molecule has 0 radical (unpaired) electrons. The van der Waals surface area contributed by atoms with Gasteiger partial charge in [-0.1, -0.05) is 41.7 Å². The van der Waals surface area contributed by atoms with Crippen LogP contribution in [-0.4, -0.2) is 36.4 Å². The van der Waals surface area contributed by atoms with Crippen molar-refractivity contribution in [3.63, 3.8) is 0 Å². The first kappa shape index (κ1) is 21.1. The molecule has 10 heteroatoms. The second kappa shape index (κ2) is 10.2. The molecule has 9 nitrogen and oxygen atoms in total. The number of hydrogen-bond acceptors (Lipinski definition) is 7. The Morgan fingerprint density at radius 1 is 0.967 bits per heavy atom. The Bertz CT molecular complexity index is 987. The molecule has 3 amide bonds. The highest BCUT2D eigenvalue weighted by Gasteiger charge is 2.12. The van der Waals surface area contributed by atoms with E-state index < -0.39 is 6.03 Å². The summed E-state index contributed by atoms with van der Waals surface area (Å²) in [5, 5.41) is 16.7. The van der Waals surface area contributed by atoms with Crippen LogP contribution >= 0.6 is 11.3 Å². The normalized spacial score (nSPS) is 10.2. The van der Waals surface area contributed by atoms with Gasteiger partial charge in [-0.3, -0.25) is 10.1 Å². The largest absolute Gasteiger partial charge is 0.497 e. The monoisotopic (exact) mass is 427 g/mol. The van der Waals surface area contributed by atoms with E-state index in [-0.39, 0.29) is 17.5 Å². The van der Waals surface area contributed by atoms with Gasteiger partial charge in [0.25, 0.3) is 0 Å². The first-order chi connectivity index (χ1) is 14.6. The molecule has 30 heavy (non-hydrogen) atoms. The maximum absolute atomic E-state index is 12.2. The molecule has 3 aromatic rings. The zero-order valence-corrected chi connectivity index (χ0v) is 17.3. The number of nitrogens with zero attached hydrogens (tertiary/aromatic N) is 2. The third-order valence-corrected chi connectivity index (χ3v) is 4.78. The van der Waals surface area contributed by atoms with E-state index >= 15 is 0 Å². The van der Waals surface area contributed by atoms with E-state index in [0.717, 1.165) is 16.9 Å². The molecular formula is C20H21N5O4S. The summed E-state index contributed by atoms with van der Waals surface area (Å²) in [6.45, 7) is 0.440. The van der Waals surface area contributed by atoms with E-state index in [1.54, 1.807) is 18.2 Å². The standard InChI is InChI=1S/C20H21N5O4S/c1-28-15-8-14(9-16(10-15)29-2)22-19(27)23-20-25-24-18(30-20)11-17(26)21-12-13-6-4-3-5-7-13/h3-10H,11-12H2,1-2H3,(H,21,26)(H2,22,23,25,27). The van der Waals surface area contributed by atoms with Gasteiger partial charge in [-0.05, 0) is 5.56 Å². The number of hydrogen-bond donors (Lipinski definition) is 3. The lowest BCUT2D eigenvalue weighted by Crippen LogP contribution is -2.24. The molecule has 156 valence electrons. The summed E-state index contributed by atoms with van der Waals surface area (Å²) in [7, 11) is 3.05. The van der Waals surface area contributed by atoms with Gasteiger partial charge in [-0.2, -0.15) is 0 Å². The minimum Gasteiger partial charge on any atom is -0.497 e. The molecule has 0 aliphatic carbocycles. The van der Waals surface area contributed by atoms with Crippen LogP contribution in [-0.2, 0) is 17.8 Å². The number of nitrogens with one attached hydrogen (secondary N) is 3. The molecule has 0 aliphatic rings. The molecule has 0 bridgehead atoms. The molecular weight excluding hydrogens is 406 g/mol. The van der Waals surface area contributed by atoms with Crippen molar-refractivity contribution in [3.05, 3.63) is 59.1 Å². The molecule has 0 saturated carbocycles. The second-order valence-corrected chi connectivity index (χ2v) is 7.18. The van der Waals surface area contributed by atoms with E-state index in [9.17, 15) is 9.59 Å². The Morgan fingerprint density at radius 3 is 2.33 bits per heavy atom. The van der Waals surface area contributed by atoms with Crippen molar-refractivity contribution in [1.29, 1.82) is 0 Å². The Hall–Kier alpha value is -3.66. The third kappa shape index (κ3) is 6.17. The highest BCUT2D eigenvalue weighted by Crippen LogP contribution is 2.26. The molecule has 0 unspecified atom stereocenters. The number of benzene rings is 2. The van der Waals surface area contributed by atoms with Crippen molar-refractivity contribution in [3.8, 4) is 11.5 Å². The lowest BCUT2D eigenvalue weighted by molar-refractivity contribution is -0.120. The maximum atomic E-state index is 12.2. The SMILES string of the molecule is COc1cc(NC(=O)Nc2nnc(CC(=O)NCc3ccccc3)s2)cc(OC)c1. The topological polar surface area (TPSA) is 114 Å². The minimum atomic E-state index is -0.499. The average Bonchev–Trinajstić information content (AvgIpc) is 3.18. The van der Waals surface area contributed by atoms with E-state index in [1.807, 2.05) is 30.3 Å². The number of amides is 3. The van der Waals surface area contributed by atoms with Crippen LogP contribution in [0.4, 0.5) is 15.6 Å². The van der Waals surface area contributed by atoms with Gasteiger partial charge in [-0.25, -0.2) is 4.79 Å². The van der Waals surface area contributed by atoms with Gasteiger partial charge in [0.1, 0.15) is 16.5 Å². The average molecular weight is 427 g/mol. The van der Waals surface area contributed by atoms with Gasteiger partial charge in [0.2, 0.25) is 11.0 Å². The van der Waals surface area contributed by atoms with Crippen molar-refractivity contribution in [2.45, 2.75) is 13.0 Å². The van der Waals surface area contributed by atoms with Crippen molar-refractivity contribution < 1.29 is 19.1 Å². The number of rotatable bonds is 8. The predicted octanol–water partition coefficient (Wildman–Crippen LogP) is 3.06. The van der Waals surface area contributed by atoms with E-state index in [2.05, 4.69) is 26.1 Å². The molecule has 0 aliphatic heterocycles. The number of anilines is 2. The van der Waals surface area contributed by atoms with E-state index in [1.165, 1.54) is 14.2 Å². The van der Waals surface area contributed by atoms with Crippen LogP contribution in [0.25, 0.3) is 0 Å². The van der Waals surface area contributed by atoms with Crippen LogP contribution in [0.2, 0.25) is 0 Å². The Labute approximate surface area is 177 Å². The Morgan fingerprint density at radius 2 is 1.67 bits per heavy atom. The minimum absolute atomic E-state index is 0.0842. The zero-order valence-electron chi connectivity index (χ0n) is 16.5. The third-order valence-electron chi connectivity index (χ3n) is 3.94. The van der Waals surface area contributed by atoms with Gasteiger partial charge in [0, 0.05) is 30.4 Å². The summed E-state index contributed by atoms with van der Waals surface area (Å²) in [6, 6.07) is 14.1. The molecule has 0 saturated heterocycles. The van der Waals surface area contributed by atoms with Crippen LogP contribution in [0.15, 0.2) is 48.5 Å². The fourth-order valence-corrected chi connectivity index (χ4v) is 3.24. The first-order valence-corrected chi connectivity index (χ1v) is 9.81. The van der Waals surface area contributed by atoms with Crippen LogP contribution in [0.5, 0.6) is 11.5 Å². The van der Waals surface area contributed by atoms with Gasteiger partial charge < -0.3 is 20.1 Å². The summed E-state index contributed by atoms with van der Waals surface area (Å²) in [6.07, 6.45) is 0.0842. The lowest BCUT2D eigenvalue weighted by Gasteiger charge is -2.09. The highest BCUT2D eigenvalue weighted by atomic mass is 32.1. The number of ether oxygens (including phenoxy) is 2. The number of urea groups is 1. The van der Waals surface area contributed by atoms with E-state index in [0.29, 0.717) is 28.7 Å². The fraction of sp³-hybridized carbons (Fsp3) is 0.200. The molecule has 0 fully saturated rings. The zero-order chi connectivity index (χ0) is 21.3. The summed E-state index contributed by atoms with van der Waals surface area (Å²) in [5.74, 6) is 0.920. The fourth-order valence-electron chi connectivity index (χ4n) is 2.51. The Balaban J connectivity index is 1.51. The lowest BCUT2D eigenvalue weighted by atomic mass is 10.2. The molecule has 3 N–H and O–H groups in total. The number of aromatic nitrogens is 2. The summed E-state index contributed by atoms with van der Waals surface area (Å²) in [5.41, 5.74) is 1.50. The van der Waals surface area contributed by atoms with Gasteiger partial charge in [-0.15, -0.1) is 10.2 Å². The van der Waals surface area contributed by atoms with Crippen molar-refractivity contribution in [1.82, 2.24) is 15.5 Å². The van der Waals surface area contributed by atoms with Crippen LogP contribution in [0.1, 0.15) is 10.6 Å². The van der Waals surface area contributed by atoms with Crippen molar-refractivity contribution >= 4 is 34.1 Å². The van der Waals surface area contributed by atoms with E-state index in [4.69, 9.17) is 9.47 Å². The summed E-state index contributed by atoms with van der Waals surface area (Å²) in [4.78, 5) is 24.3. The first-order valence-electron chi connectivity index (χ1n) is 9.00. The van der Waals surface area contributed by atoms with Crippen molar-refractivity contribution in [2.75, 3.05) is 24.9 Å². The smallest absolute Gasteiger partial charge is 0.325 e. The van der Waals surface area contributed by atoms with Crippen molar-refractivity contribution in [2.24, 2.45) is 0 Å². The van der Waals surface area contributed by atoms with Gasteiger partial charge >= 0.3 is 6.03 Å². The molecule has 1 heterocycles. The summed E-state index contributed by atoms with van der Waals surface area (Å²) < 4.78 is 10.4. The molecule has 1 aromatic heterocycles. The maximum Gasteiger partial charge on any atom is 0.325 e. The van der Waals surface area contributed by atoms with Crippen LogP contribution in [0.3, 0.4) is 0 Å². The number of carbonyl (C=O) groups excluding carboxylic acids is 2. The highest BCUT2D eigenvalue weighted by molar-refractivity contribution is 7.15. The summed E-state index contributed by atoms with van der Waals surface area (Å²) >= 11 is 1.13. The molecule has 2 aromatic carbocycles. The molecule has 0 spiro atoms. The number of methoxy groups -OCH3 is 2. The second-order valence-electron chi connectivity index (χ2n) is 6.12. The van der Waals surface area contributed by atoms with Gasteiger partial charge in [0.15, 0.2) is 0 Å². The van der Waals surface area contributed by atoms with Crippen LogP contribution < -0.4 is 25.4 Å². The van der Waals surface area contributed by atoms with Gasteiger partial charge in [0.05, 0.1) is 20.6 Å². The number of carbonyl (C=O) groups is 2. The quantitative estimate of drug-likeness (QED) is 0.509. The Kier molecular flexibility index (Phi) is 7.17. The molecule has 3 rings (SSSR count). The van der Waals surface area contributed by atoms with Crippen LogP contribution in [0, 0.1) is 0 Å².